The number of hydrogen-bond acceptors (Lipinski definition) is 5. The fraction of sp³-hybridized carbons (Fsp3) is 0.474. The molecule has 1 aliphatic heterocycles. The van der Waals surface area contributed by atoms with Crippen molar-refractivity contribution in [3.05, 3.63) is 42.1 Å². The first-order valence-corrected chi connectivity index (χ1v) is 8.52. The summed E-state index contributed by atoms with van der Waals surface area (Å²) in [5, 5.41) is 12.0. The summed E-state index contributed by atoms with van der Waals surface area (Å²) in [7, 11) is 3.39. The predicted molar refractivity (Wildman–Crippen MR) is 96.1 cm³/mol. The van der Waals surface area contributed by atoms with Gasteiger partial charge in [0.1, 0.15) is 5.60 Å². The largest absolute Gasteiger partial charge is 0.386 e. The zero-order chi connectivity index (χ0) is 17.9. The Morgan fingerprint density at radius 2 is 2.12 bits per heavy atom. The third-order valence-corrected chi connectivity index (χ3v) is 4.46. The molecule has 1 saturated heterocycles. The summed E-state index contributed by atoms with van der Waals surface area (Å²) in [5.41, 5.74) is 0.736. The van der Waals surface area contributed by atoms with E-state index in [2.05, 4.69) is 11.0 Å². The zero-order valence-electron chi connectivity index (χ0n) is 14.8. The molecular weight excluding hydrogens is 318 g/mol. The molecule has 0 bridgehead atoms. The van der Waals surface area contributed by atoms with Crippen molar-refractivity contribution in [2.75, 3.05) is 40.4 Å². The van der Waals surface area contributed by atoms with E-state index in [-0.39, 0.29) is 18.9 Å². The summed E-state index contributed by atoms with van der Waals surface area (Å²) >= 11 is 0. The molecule has 3 rings (SSSR count). The lowest BCUT2D eigenvalue weighted by Gasteiger charge is -2.31. The van der Waals surface area contributed by atoms with Crippen LogP contribution in [0, 0.1) is 0 Å². The van der Waals surface area contributed by atoms with Gasteiger partial charge in [-0.1, -0.05) is 24.3 Å². The highest BCUT2D eigenvalue weighted by atomic mass is 16.5. The summed E-state index contributed by atoms with van der Waals surface area (Å²) in [4.78, 5) is 20.3. The molecule has 2 heterocycles. The Labute approximate surface area is 148 Å². The van der Waals surface area contributed by atoms with Crippen molar-refractivity contribution in [2.24, 2.45) is 0 Å². The Morgan fingerprint density at radius 1 is 1.32 bits per heavy atom. The van der Waals surface area contributed by atoms with Crippen LogP contribution in [0.4, 0.5) is 0 Å². The topological polar surface area (TPSA) is 65.9 Å². The number of amides is 1. The van der Waals surface area contributed by atoms with E-state index in [9.17, 15) is 9.90 Å². The second-order valence-electron chi connectivity index (χ2n) is 6.95. The molecule has 0 spiro atoms. The van der Waals surface area contributed by atoms with E-state index in [0.29, 0.717) is 26.2 Å². The number of aliphatic hydroxyl groups is 1. The molecule has 1 aromatic heterocycles. The molecule has 0 aliphatic carbocycles. The van der Waals surface area contributed by atoms with Crippen molar-refractivity contribution in [1.82, 2.24) is 14.8 Å². The smallest absolute Gasteiger partial charge is 0.225 e. The van der Waals surface area contributed by atoms with E-state index < -0.39 is 5.60 Å². The molecule has 0 unspecified atom stereocenters. The average Bonchev–Trinajstić information content (AvgIpc) is 2.76. The minimum Gasteiger partial charge on any atom is -0.386 e. The number of nitrogens with zero attached hydrogens (tertiary/aromatic N) is 3. The van der Waals surface area contributed by atoms with Gasteiger partial charge in [-0.15, -0.1) is 0 Å². The van der Waals surface area contributed by atoms with Crippen LogP contribution in [-0.2, 0) is 16.1 Å². The summed E-state index contributed by atoms with van der Waals surface area (Å²) in [6.45, 7) is 2.42. The highest BCUT2D eigenvalue weighted by molar-refractivity contribution is 5.78. The maximum Gasteiger partial charge on any atom is 0.225 e. The number of fused-ring (bicyclic) bond motifs is 1. The van der Waals surface area contributed by atoms with E-state index >= 15 is 0 Å². The van der Waals surface area contributed by atoms with E-state index in [1.165, 1.54) is 4.90 Å². The highest BCUT2D eigenvalue weighted by Crippen LogP contribution is 2.20. The first-order valence-electron chi connectivity index (χ1n) is 8.52. The van der Waals surface area contributed by atoms with Gasteiger partial charge in [-0.2, -0.15) is 0 Å². The number of ether oxygens (including phenoxy) is 1. The molecule has 0 saturated carbocycles. The van der Waals surface area contributed by atoms with Crippen molar-refractivity contribution in [1.29, 1.82) is 0 Å². The summed E-state index contributed by atoms with van der Waals surface area (Å²) in [5.74, 6) is -0.100. The molecular formula is C19H25N3O3. The van der Waals surface area contributed by atoms with Crippen LogP contribution in [0.2, 0.25) is 0 Å². The van der Waals surface area contributed by atoms with Gasteiger partial charge in [0.25, 0.3) is 0 Å². The molecule has 134 valence electrons. The first-order chi connectivity index (χ1) is 12.0. The van der Waals surface area contributed by atoms with Crippen LogP contribution in [0.1, 0.15) is 12.1 Å². The molecule has 1 aromatic carbocycles. The van der Waals surface area contributed by atoms with Crippen LogP contribution in [-0.4, -0.2) is 71.8 Å². The SMILES string of the molecule is CN(C)C(=O)C[C@]1(O)COCCN(Cc2ccc3ccccc3n2)C1. The van der Waals surface area contributed by atoms with E-state index in [1.54, 1.807) is 14.1 Å². The number of pyridine rings is 1. The number of aromatic nitrogens is 1. The lowest BCUT2D eigenvalue weighted by atomic mass is 9.99. The van der Waals surface area contributed by atoms with Gasteiger partial charge in [0, 0.05) is 39.1 Å². The maximum absolute atomic E-state index is 12.0. The molecule has 1 N–H and O–H groups in total. The second kappa shape index (κ2) is 7.47. The van der Waals surface area contributed by atoms with Crippen LogP contribution in [0.25, 0.3) is 10.9 Å². The quantitative estimate of drug-likeness (QED) is 0.906. The standard InChI is InChI=1S/C19H25N3O3/c1-21(2)18(23)11-19(24)13-22(9-10-25-14-19)12-16-8-7-15-5-3-4-6-17(15)20-16/h3-8,24H,9-14H2,1-2H3/t19-/m1/s1. The number of carbonyl (C=O) groups is 1. The van der Waals surface area contributed by atoms with Crippen LogP contribution in [0.15, 0.2) is 36.4 Å². The second-order valence-corrected chi connectivity index (χ2v) is 6.95. The molecule has 2 aromatic rings. The van der Waals surface area contributed by atoms with Crippen molar-refractivity contribution in [3.63, 3.8) is 0 Å². The van der Waals surface area contributed by atoms with Crippen LogP contribution in [0.3, 0.4) is 0 Å². The third-order valence-electron chi connectivity index (χ3n) is 4.46. The first kappa shape index (κ1) is 17.8. The molecule has 6 nitrogen and oxygen atoms in total. The highest BCUT2D eigenvalue weighted by Gasteiger charge is 2.35. The molecule has 0 radical (unpaired) electrons. The Kier molecular flexibility index (Phi) is 5.32. The van der Waals surface area contributed by atoms with Gasteiger partial charge in [0.05, 0.1) is 30.8 Å². The van der Waals surface area contributed by atoms with Crippen LogP contribution < -0.4 is 0 Å². The van der Waals surface area contributed by atoms with Crippen LogP contribution >= 0.6 is 0 Å². The normalized spacial score (nSPS) is 21.9. The summed E-state index contributed by atoms with van der Waals surface area (Å²) in [6.07, 6.45) is 0.0572. The lowest BCUT2D eigenvalue weighted by molar-refractivity contribution is -0.136. The number of rotatable bonds is 4. The number of carbonyl (C=O) groups excluding carboxylic acids is 1. The fourth-order valence-corrected chi connectivity index (χ4v) is 3.10. The zero-order valence-corrected chi connectivity index (χ0v) is 14.8. The van der Waals surface area contributed by atoms with Gasteiger partial charge >= 0.3 is 0 Å². The van der Waals surface area contributed by atoms with E-state index in [4.69, 9.17) is 9.72 Å². The number of benzene rings is 1. The molecule has 6 heteroatoms. The fourth-order valence-electron chi connectivity index (χ4n) is 3.10. The number of hydrogen-bond donors (Lipinski definition) is 1. The molecule has 1 aliphatic rings. The minimum absolute atomic E-state index is 0.0572. The predicted octanol–water partition coefficient (Wildman–Crippen LogP) is 1.28. The monoisotopic (exact) mass is 343 g/mol. The van der Waals surface area contributed by atoms with Crippen molar-refractivity contribution >= 4 is 16.8 Å². The molecule has 1 amide bonds. The average molecular weight is 343 g/mol. The van der Waals surface area contributed by atoms with Gasteiger partial charge in [-0.3, -0.25) is 14.7 Å². The van der Waals surface area contributed by atoms with Gasteiger partial charge < -0.3 is 14.7 Å². The van der Waals surface area contributed by atoms with Crippen molar-refractivity contribution in [3.8, 4) is 0 Å². The summed E-state index contributed by atoms with van der Waals surface area (Å²) < 4.78 is 5.55. The Bertz CT molecular complexity index is 750. The van der Waals surface area contributed by atoms with Gasteiger partial charge in [0.2, 0.25) is 5.91 Å². The van der Waals surface area contributed by atoms with Gasteiger partial charge in [0.15, 0.2) is 0 Å². The van der Waals surface area contributed by atoms with E-state index in [1.807, 2.05) is 30.3 Å². The third kappa shape index (κ3) is 4.54. The molecule has 1 atom stereocenters. The van der Waals surface area contributed by atoms with Crippen LogP contribution in [0.5, 0.6) is 0 Å². The Morgan fingerprint density at radius 3 is 2.92 bits per heavy atom. The van der Waals surface area contributed by atoms with Crippen molar-refractivity contribution in [2.45, 2.75) is 18.6 Å². The number of para-hydroxylation sites is 1. The summed E-state index contributed by atoms with van der Waals surface area (Å²) in [6, 6.07) is 12.1. The van der Waals surface area contributed by atoms with Gasteiger partial charge in [-0.05, 0) is 12.1 Å². The number of β-amino-alcohol motifs (C(OH)–C–C–N with tert-alkyl or cyclic N) is 1. The lowest BCUT2D eigenvalue weighted by Crippen LogP contribution is -2.47. The minimum atomic E-state index is -1.17. The maximum atomic E-state index is 12.0. The molecule has 25 heavy (non-hydrogen) atoms. The van der Waals surface area contributed by atoms with Gasteiger partial charge in [-0.25, -0.2) is 0 Å². The molecule has 1 fully saturated rings. The van der Waals surface area contributed by atoms with Crippen molar-refractivity contribution < 1.29 is 14.6 Å². The Hall–Kier alpha value is -2.02. The Balaban J connectivity index is 1.72. The van der Waals surface area contributed by atoms with E-state index in [0.717, 1.165) is 16.6 Å².